The van der Waals surface area contributed by atoms with E-state index in [1.165, 1.54) is 25.7 Å². The van der Waals surface area contributed by atoms with Crippen LogP contribution in [0.1, 0.15) is 32.1 Å². The number of nitrogens with one attached hydrogen (secondary N) is 1. The van der Waals surface area contributed by atoms with Gasteiger partial charge < -0.3 is 10.1 Å². The van der Waals surface area contributed by atoms with Gasteiger partial charge >= 0.3 is 0 Å². The molecule has 0 heterocycles. The van der Waals surface area contributed by atoms with Gasteiger partial charge in [0, 0.05) is 13.2 Å². The summed E-state index contributed by atoms with van der Waals surface area (Å²) < 4.78 is 5.45. The van der Waals surface area contributed by atoms with Crippen molar-refractivity contribution in [2.45, 2.75) is 44.2 Å². The average Bonchev–Trinajstić information content (AvgIpc) is 2.19. The fraction of sp³-hybridized carbons (Fsp3) is 0.818. The van der Waals surface area contributed by atoms with Crippen LogP contribution < -0.4 is 5.32 Å². The standard InChI is InChI=1S/C11H21NO/c1-3-4-9-12-10-7-5-6-8-11(10)13-2/h3,10-12H,1,4-9H2,2H3. The summed E-state index contributed by atoms with van der Waals surface area (Å²) in [6, 6.07) is 0.568. The van der Waals surface area contributed by atoms with E-state index >= 15 is 0 Å². The van der Waals surface area contributed by atoms with Crippen molar-refractivity contribution in [2.75, 3.05) is 13.7 Å². The van der Waals surface area contributed by atoms with E-state index in [2.05, 4.69) is 11.9 Å². The first kappa shape index (κ1) is 10.7. The number of hydrogen-bond donors (Lipinski definition) is 1. The first-order valence-electron chi connectivity index (χ1n) is 5.25. The van der Waals surface area contributed by atoms with Gasteiger partial charge in [-0.15, -0.1) is 6.58 Å². The van der Waals surface area contributed by atoms with Gasteiger partial charge in [0.15, 0.2) is 0 Å². The van der Waals surface area contributed by atoms with Gasteiger partial charge in [-0.05, 0) is 25.8 Å². The zero-order chi connectivity index (χ0) is 9.52. The maximum atomic E-state index is 5.45. The van der Waals surface area contributed by atoms with E-state index in [-0.39, 0.29) is 0 Å². The van der Waals surface area contributed by atoms with E-state index in [4.69, 9.17) is 4.74 Å². The van der Waals surface area contributed by atoms with Crippen LogP contribution in [0.3, 0.4) is 0 Å². The molecule has 13 heavy (non-hydrogen) atoms. The molecular formula is C11H21NO. The number of methoxy groups -OCH3 is 1. The Bertz CT molecular complexity index is 147. The van der Waals surface area contributed by atoms with Gasteiger partial charge in [0.2, 0.25) is 0 Å². The maximum absolute atomic E-state index is 5.45. The predicted molar refractivity (Wildman–Crippen MR) is 55.9 cm³/mol. The summed E-state index contributed by atoms with van der Waals surface area (Å²) in [5.74, 6) is 0. The lowest BCUT2D eigenvalue weighted by atomic mass is 9.92. The number of hydrogen-bond acceptors (Lipinski definition) is 2. The maximum Gasteiger partial charge on any atom is 0.0724 e. The van der Waals surface area contributed by atoms with E-state index in [1.807, 2.05) is 13.2 Å². The van der Waals surface area contributed by atoms with Crippen LogP contribution in [0.25, 0.3) is 0 Å². The van der Waals surface area contributed by atoms with Crippen LogP contribution in [-0.4, -0.2) is 25.8 Å². The summed E-state index contributed by atoms with van der Waals surface area (Å²) >= 11 is 0. The Morgan fingerprint density at radius 1 is 1.46 bits per heavy atom. The van der Waals surface area contributed by atoms with Crippen molar-refractivity contribution in [1.82, 2.24) is 5.32 Å². The molecule has 1 aliphatic carbocycles. The molecule has 0 bridgehead atoms. The highest BCUT2D eigenvalue weighted by Gasteiger charge is 2.23. The van der Waals surface area contributed by atoms with E-state index < -0.39 is 0 Å². The van der Waals surface area contributed by atoms with Crippen molar-refractivity contribution in [1.29, 1.82) is 0 Å². The van der Waals surface area contributed by atoms with E-state index in [0.29, 0.717) is 12.1 Å². The van der Waals surface area contributed by atoms with Crippen molar-refractivity contribution in [3.05, 3.63) is 12.7 Å². The molecular weight excluding hydrogens is 162 g/mol. The second-order valence-electron chi connectivity index (χ2n) is 3.70. The summed E-state index contributed by atoms with van der Waals surface area (Å²) in [5, 5.41) is 3.53. The molecule has 0 radical (unpaired) electrons. The summed E-state index contributed by atoms with van der Waals surface area (Å²) in [6.07, 6.45) is 8.56. The van der Waals surface area contributed by atoms with Crippen LogP contribution in [0.2, 0.25) is 0 Å². The van der Waals surface area contributed by atoms with Gasteiger partial charge in [0.05, 0.1) is 6.10 Å². The second kappa shape index (κ2) is 6.17. The average molecular weight is 183 g/mol. The third-order valence-electron chi connectivity index (χ3n) is 2.76. The van der Waals surface area contributed by atoms with Crippen molar-refractivity contribution in [3.63, 3.8) is 0 Å². The van der Waals surface area contributed by atoms with Gasteiger partial charge in [-0.25, -0.2) is 0 Å². The van der Waals surface area contributed by atoms with Crippen LogP contribution in [0.4, 0.5) is 0 Å². The molecule has 2 unspecified atom stereocenters. The topological polar surface area (TPSA) is 21.3 Å². The molecule has 0 saturated heterocycles. The quantitative estimate of drug-likeness (QED) is 0.520. The van der Waals surface area contributed by atoms with Crippen LogP contribution in [-0.2, 0) is 4.74 Å². The highest BCUT2D eigenvalue weighted by Crippen LogP contribution is 2.20. The summed E-state index contributed by atoms with van der Waals surface area (Å²) in [7, 11) is 1.82. The zero-order valence-electron chi connectivity index (χ0n) is 8.59. The Hall–Kier alpha value is -0.340. The third-order valence-corrected chi connectivity index (χ3v) is 2.76. The van der Waals surface area contributed by atoms with Crippen LogP contribution in [0.5, 0.6) is 0 Å². The van der Waals surface area contributed by atoms with Crippen LogP contribution in [0.15, 0.2) is 12.7 Å². The molecule has 0 aromatic rings. The molecule has 0 amide bonds. The van der Waals surface area contributed by atoms with Gasteiger partial charge in [-0.1, -0.05) is 18.9 Å². The van der Waals surface area contributed by atoms with Crippen molar-refractivity contribution < 1.29 is 4.74 Å². The first-order chi connectivity index (χ1) is 6.38. The summed E-state index contributed by atoms with van der Waals surface area (Å²) in [5.41, 5.74) is 0. The van der Waals surface area contributed by atoms with Gasteiger partial charge in [0.25, 0.3) is 0 Å². The Morgan fingerprint density at radius 3 is 2.92 bits per heavy atom. The molecule has 2 atom stereocenters. The summed E-state index contributed by atoms with van der Waals surface area (Å²) in [6.45, 7) is 4.75. The molecule has 2 nitrogen and oxygen atoms in total. The molecule has 0 aromatic heterocycles. The summed E-state index contributed by atoms with van der Waals surface area (Å²) in [4.78, 5) is 0. The molecule has 76 valence electrons. The second-order valence-corrected chi connectivity index (χ2v) is 3.70. The highest BCUT2D eigenvalue weighted by atomic mass is 16.5. The van der Waals surface area contributed by atoms with Gasteiger partial charge in [0.1, 0.15) is 0 Å². The van der Waals surface area contributed by atoms with Crippen LogP contribution >= 0.6 is 0 Å². The Kier molecular flexibility index (Phi) is 5.09. The SMILES string of the molecule is C=CCCNC1CCCCC1OC. The molecule has 0 spiro atoms. The monoisotopic (exact) mass is 183 g/mol. The van der Waals surface area contributed by atoms with E-state index in [0.717, 1.165) is 13.0 Å². The molecule has 0 aromatic carbocycles. The predicted octanol–water partition coefficient (Wildman–Crippen LogP) is 2.11. The van der Waals surface area contributed by atoms with Gasteiger partial charge in [-0.3, -0.25) is 0 Å². The third kappa shape index (κ3) is 3.49. The fourth-order valence-corrected chi connectivity index (χ4v) is 1.98. The smallest absolute Gasteiger partial charge is 0.0724 e. The molecule has 2 heteroatoms. The highest BCUT2D eigenvalue weighted by molar-refractivity contribution is 4.82. The molecule has 1 N–H and O–H groups in total. The van der Waals surface area contributed by atoms with Crippen molar-refractivity contribution in [2.24, 2.45) is 0 Å². The Balaban J connectivity index is 2.23. The van der Waals surface area contributed by atoms with Crippen molar-refractivity contribution in [3.8, 4) is 0 Å². The fourth-order valence-electron chi connectivity index (χ4n) is 1.98. The number of rotatable bonds is 5. The van der Waals surface area contributed by atoms with Gasteiger partial charge in [-0.2, -0.15) is 0 Å². The number of ether oxygens (including phenoxy) is 1. The lowest BCUT2D eigenvalue weighted by Crippen LogP contribution is -2.43. The molecule has 0 aliphatic heterocycles. The normalized spacial score (nSPS) is 28.7. The largest absolute Gasteiger partial charge is 0.380 e. The van der Waals surface area contributed by atoms with Crippen molar-refractivity contribution >= 4 is 0 Å². The Labute approximate surface area is 81.4 Å². The lowest BCUT2D eigenvalue weighted by Gasteiger charge is -2.31. The molecule has 1 saturated carbocycles. The minimum atomic E-state index is 0.429. The first-order valence-corrected chi connectivity index (χ1v) is 5.25. The van der Waals surface area contributed by atoms with E-state index in [1.54, 1.807) is 0 Å². The molecule has 1 aliphatic rings. The zero-order valence-corrected chi connectivity index (χ0v) is 8.59. The molecule has 1 rings (SSSR count). The minimum absolute atomic E-state index is 0.429. The minimum Gasteiger partial charge on any atom is -0.380 e. The Morgan fingerprint density at radius 2 is 2.23 bits per heavy atom. The lowest BCUT2D eigenvalue weighted by molar-refractivity contribution is 0.0422. The van der Waals surface area contributed by atoms with E-state index in [9.17, 15) is 0 Å². The molecule has 1 fully saturated rings. The van der Waals surface area contributed by atoms with Crippen LogP contribution in [0, 0.1) is 0 Å².